The summed E-state index contributed by atoms with van der Waals surface area (Å²) >= 11 is 1.51. The first-order chi connectivity index (χ1) is 32.2. The van der Waals surface area contributed by atoms with Crippen LogP contribution in [0.5, 0.6) is 5.75 Å². The molecule has 0 amide bonds. The fraction of sp³-hybridized carbons (Fsp3) is 0.192. The minimum atomic E-state index is -4.43. The fourth-order valence-corrected chi connectivity index (χ4v) is 8.91. The highest BCUT2D eigenvalue weighted by Gasteiger charge is 2.38. The van der Waals surface area contributed by atoms with Crippen molar-refractivity contribution in [1.82, 2.24) is 14.5 Å². The highest BCUT2D eigenvalue weighted by molar-refractivity contribution is 7.21. The second-order valence-corrected chi connectivity index (χ2v) is 16.6. The molecule has 11 nitrogen and oxygen atoms in total. The van der Waals surface area contributed by atoms with E-state index in [9.17, 15) is 22.8 Å². The molecule has 0 atom stereocenters. The lowest BCUT2D eigenvalue weighted by atomic mass is 10.0. The van der Waals surface area contributed by atoms with Crippen molar-refractivity contribution in [3.8, 4) is 27.7 Å². The van der Waals surface area contributed by atoms with Crippen molar-refractivity contribution in [1.29, 1.82) is 0 Å². The number of nitrogens with zero attached hydrogens (tertiary/aromatic N) is 5. The van der Waals surface area contributed by atoms with E-state index in [1.165, 1.54) is 29.5 Å². The largest absolute Gasteiger partial charge is 0.457 e. The van der Waals surface area contributed by atoms with Crippen molar-refractivity contribution in [2.75, 3.05) is 41.7 Å². The van der Waals surface area contributed by atoms with Crippen molar-refractivity contribution in [3.63, 3.8) is 0 Å². The third-order valence-corrected chi connectivity index (χ3v) is 12.5. The number of alkyl halides is 3. The van der Waals surface area contributed by atoms with Gasteiger partial charge < -0.3 is 33.7 Å². The molecule has 5 aromatic carbocycles. The van der Waals surface area contributed by atoms with E-state index < -0.39 is 11.7 Å². The zero-order valence-electron chi connectivity index (χ0n) is 37.5. The van der Waals surface area contributed by atoms with Gasteiger partial charge in [0.1, 0.15) is 39.1 Å². The molecular weight excluding hydrogens is 878 g/mol. The van der Waals surface area contributed by atoms with E-state index in [1.54, 1.807) is 0 Å². The second kappa shape index (κ2) is 19.1. The minimum absolute atomic E-state index is 0.0194. The summed E-state index contributed by atoms with van der Waals surface area (Å²) in [4.78, 5) is 38.8. The van der Waals surface area contributed by atoms with E-state index in [0.29, 0.717) is 38.8 Å². The van der Waals surface area contributed by atoms with Crippen LogP contribution in [0.4, 0.5) is 30.2 Å². The molecule has 1 aliphatic heterocycles. The maximum atomic E-state index is 12.7. The van der Waals surface area contributed by atoms with Gasteiger partial charge in [-0.2, -0.15) is 13.2 Å². The molecule has 0 radical (unpaired) electrons. The third-order valence-electron chi connectivity index (χ3n) is 11.4. The van der Waals surface area contributed by atoms with Crippen molar-refractivity contribution in [2.24, 2.45) is 7.05 Å². The van der Waals surface area contributed by atoms with Gasteiger partial charge in [-0.15, -0.1) is 11.3 Å². The van der Waals surface area contributed by atoms with E-state index in [2.05, 4.69) is 66.2 Å². The number of fused-ring (bicyclic) bond motifs is 5. The van der Waals surface area contributed by atoms with Crippen LogP contribution in [0.3, 0.4) is 0 Å². The van der Waals surface area contributed by atoms with Crippen LogP contribution in [0.2, 0.25) is 0 Å². The Morgan fingerprint density at radius 1 is 0.687 bits per heavy atom. The van der Waals surface area contributed by atoms with Gasteiger partial charge in [-0.1, -0.05) is 30.8 Å². The molecule has 1 aliphatic rings. The van der Waals surface area contributed by atoms with Crippen LogP contribution in [-0.4, -0.2) is 46.9 Å². The summed E-state index contributed by atoms with van der Waals surface area (Å²) in [6, 6.07) is 35.5. The van der Waals surface area contributed by atoms with Crippen LogP contribution in [-0.2, 0) is 7.05 Å². The number of rotatable bonds is 8. The topological polar surface area (TPSA) is 133 Å². The predicted octanol–water partition coefficient (Wildman–Crippen LogP) is 12.2. The first-order valence-electron chi connectivity index (χ1n) is 21.7. The summed E-state index contributed by atoms with van der Waals surface area (Å²) in [7, 11) is 1.91. The van der Waals surface area contributed by atoms with Crippen molar-refractivity contribution in [2.45, 2.75) is 33.9 Å². The molecule has 67 heavy (non-hydrogen) atoms. The maximum absolute atomic E-state index is 12.7. The number of aromatic nitrogens is 3. The maximum Gasteiger partial charge on any atom is 0.417 e. The third kappa shape index (κ3) is 9.54. The molecule has 5 heterocycles. The molecule has 0 bridgehead atoms. The van der Waals surface area contributed by atoms with Gasteiger partial charge >= 0.3 is 17.4 Å². The van der Waals surface area contributed by atoms with Gasteiger partial charge in [0.15, 0.2) is 0 Å². The summed E-state index contributed by atoms with van der Waals surface area (Å²) in [6.07, 6.45) is -3.56. The van der Waals surface area contributed by atoms with Crippen LogP contribution in [0.15, 0.2) is 152 Å². The van der Waals surface area contributed by atoms with Crippen LogP contribution < -0.4 is 31.5 Å². The zero-order chi connectivity index (χ0) is 47.6. The highest BCUT2D eigenvalue weighted by atomic mass is 32.1. The standard InChI is InChI=1S/C21H21N3O2.C20H18N2O2S.C11H8F3NO/c1-4-24(5-2)15-11-10-14-12-16(21(25)26-19(14)13-15)20-22-17-8-6-7-9-18(17)23(20)3;1-3-22(4-2)14-10-9-13-11-15(20(23)24-17(13)12-14)19-21-16-7-5-6-8-18(16)25-19;1-6-4-9(11(12,13)14)8-3-2-7(15)5-10(8)16-6/h6-13H,4-5H2,1-3H3;5-12H,3-4H2,1-2H3;2-5H,1,15H2. The Morgan fingerprint density at radius 2 is 1.25 bits per heavy atom. The Morgan fingerprint density at radius 3 is 1.84 bits per heavy atom. The van der Waals surface area contributed by atoms with Gasteiger partial charge in [0.2, 0.25) is 0 Å². The van der Waals surface area contributed by atoms with Gasteiger partial charge in [-0.25, -0.2) is 19.6 Å². The Hall–Kier alpha value is -7.65. The molecule has 4 aromatic heterocycles. The number of imidazole rings is 1. The number of nitrogens with two attached hydrogens (primary N) is 1. The van der Waals surface area contributed by atoms with E-state index >= 15 is 0 Å². The van der Waals surface area contributed by atoms with E-state index in [4.69, 9.17) is 19.3 Å². The van der Waals surface area contributed by atoms with Gasteiger partial charge in [-0.3, -0.25) is 0 Å². The summed E-state index contributed by atoms with van der Waals surface area (Å²) in [5.74, 6) is 0.653. The monoisotopic (exact) mass is 924 g/mol. The molecule has 0 aliphatic carbocycles. The molecule has 2 N–H and O–H groups in total. The number of benzene rings is 5. The number of allylic oxidation sites excluding steroid dienone is 2. The summed E-state index contributed by atoms with van der Waals surface area (Å²) < 4.78 is 57.4. The van der Waals surface area contributed by atoms with Gasteiger partial charge in [0.05, 0.1) is 32.4 Å². The molecule has 0 unspecified atom stereocenters. The molecule has 9 aromatic rings. The van der Waals surface area contributed by atoms with Crippen molar-refractivity contribution in [3.05, 3.63) is 160 Å². The predicted molar refractivity (Wildman–Crippen MR) is 265 cm³/mol. The number of anilines is 3. The summed E-state index contributed by atoms with van der Waals surface area (Å²) in [5.41, 5.74) is 11.4. The molecule has 15 heteroatoms. The number of aryl methyl sites for hydroxylation is 1. The van der Waals surface area contributed by atoms with Crippen LogP contribution in [0.1, 0.15) is 33.3 Å². The van der Waals surface area contributed by atoms with Gasteiger partial charge in [-0.05, 0) is 107 Å². The number of halogens is 3. The van der Waals surface area contributed by atoms with Crippen molar-refractivity contribution >= 4 is 77.2 Å². The number of hydrogen-bond donors (Lipinski definition) is 1. The number of para-hydroxylation sites is 3. The SMILES string of the molecule is C=C1C=C(C(F)(F)F)c2ccc(N)cc2O1.CCN(CC)c1ccc2cc(-c3nc4ccccc4n3C)c(=O)oc2c1.CCN(CC)c1ccc2cc(-c3nc4ccccc4s3)c(=O)oc2c1. The van der Waals surface area contributed by atoms with E-state index in [-0.39, 0.29) is 28.3 Å². The number of ether oxygens (including phenoxy) is 1. The Balaban J connectivity index is 0.000000140. The number of thiazole rings is 1. The lowest BCUT2D eigenvalue weighted by Gasteiger charge is -2.21. The number of hydrogen-bond acceptors (Lipinski definition) is 11. The second-order valence-electron chi connectivity index (χ2n) is 15.5. The minimum Gasteiger partial charge on any atom is -0.457 e. The average molecular weight is 925 g/mol. The molecule has 10 rings (SSSR count). The Bertz CT molecular complexity index is 3420. The number of nitrogen functional groups attached to an aromatic ring is 1. The first kappa shape index (κ1) is 45.9. The lowest BCUT2D eigenvalue weighted by Crippen LogP contribution is -2.21. The first-order valence-corrected chi connectivity index (χ1v) is 22.5. The highest BCUT2D eigenvalue weighted by Crippen LogP contribution is 2.43. The fourth-order valence-electron chi connectivity index (χ4n) is 7.94. The molecular formula is C52H47F3N6O5S. The smallest absolute Gasteiger partial charge is 0.417 e. The summed E-state index contributed by atoms with van der Waals surface area (Å²) in [6.45, 7) is 15.4. The molecule has 0 fully saturated rings. The summed E-state index contributed by atoms with van der Waals surface area (Å²) in [5, 5.41) is 2.50. The lowest BCUT2D eigenvalue weighted by molar-refractivity contribution is -0.0694. The van der Waals surface area contributed by atoms with Crippen LogP contribution in [0, 0.1) is 0 Å². The molecule has 342 valence electrons. The van der Waals surface area contributed by atoms with Crippen LogP contribution >= 0.6 is 11.3 Å². The normalized spacial score (nSPS) is 12.2. The Kier molecular flexibility index (Phi) is 13.1. The molecule has 0 spiro atoms. The quantitative estimate of drug-likeness (QED) is 0.116. The van der Waals surface area contributed by atoms with E-state index in [1.807, 2.05) is 96.5 Å². The zero-order valence-corrected chi connectivity index (χ0v) is 38.3. The van der Waals surface area contributed by atoms with Gasteiger partial charge in [0, 0.05) is 84.8 Å². The van der Waals surface area contributed by atoms with E-state index in [0.717, 1.165) is 75.7 Å². The van der Waals surface area contributed by atoms with Gasteiger partial charge in [0.25, 0.3) is 0 Å². The molecule has 0 saturated carbocycles. The Labute approximate surface area is 387 Å². The average Bonchev–Trinajstić information content (AvgIpc) is 3.90. The van der Waals surface area contributed by atoms with Crippen molar-refractivity contribution < 1.29 is 26.7 Å². The molecule has 0 saturated heterocycles. The van der Waals surface area contributed by atoms with Crippen LogP contribution in [0.25, 0.3) is 70.7 Å².